The number of hydrogen-bond acceptors (Lipinski definition) is 31. The van der Waals surface area contributed by atoms with Crippen LogP contribution in [0.2, 0.25) is 0 Å². The molecular weight excluding hydrogens is 966 g/mol. The Balaban J connectivity index is 1.24. The van der Waals surface area contributed by atoms with E-state index in [0.717, 1.165) is 6.92 Å². The zero-order valence-electron chi connectivity index (χ0n) is 37.0. The molecule has 0 aromatic carbocycles. The molecule has 0 radical (unpaired) electrons. The van der Waals surface area contributed by atoms with Crippen LogP contribution < -0.4 is 5.32 Å². The summed E-state index contributed by atoms with van der Waals surface area (Å²) in [4.78, 5) is 12.7. The minimum atomic E-state index is -2.26. The highest BCUT2D eigenvalue weighted by Gasteiger charge is 2.58. The Bertz CT molecular complexity index is 1630. The molecule has 0 bridgehead atoms. The number of rotatable bonds is 17. The Morgan fingerprint density at radius 3 is 1.04 bits per heavy atom. The van der Waals surface area contributed by atoms with Gasteiger partial charge in [0.25, 0.3) is 0 Å². The summed E-state index contributed by atoms with van der Waals surface area (Å²) < 4.78 is 61.7. The Labute approximate surface area is 395 Å². The van der Waals surface area contributed by atoms with E-state index in [-0.39, 0.29) is 0 Å². The van der Waals surface area contributed by atoms with E-state index in [1.54, 1.807) is 0 Å². The van der Waals surface area contributed by atoms with Crippen LogP contribution in [-0.4, -0.2) is 327 Å². The van der Waals surface area contributed by atoms with E-state index in [9.17, 15) is 102 Å². The highest BCUT2D eigenvalue weighted by molar-refractivity contribution is 5.73. The van der Waals surface area contributed by atoms with Crippen LogP contribution in [0.15, 0.2) is 0 Å². The average molecular weight is 1030 g/mol. The summed E-state index contributed by atoms with van der Waals surface area (Å²) in [7, 11) is 0. The van der Waals surface area contributed by atoms with Gasteiger partial charge < -0.3 is 154 Å². The Hall–Kier alpha value is -1.73. The molecular formula is C38H65NO31. The predicted octanol–water partition coefficient (Wildman–Crippen LogP) is -14.0. The maximum Gasteiger partial charge on any atom is 0.217 e. The lowest BCUT2D eigenvalue weighted by Gasteiger charge is -2.50. The van der Waals surface area contributed by atoms with Crippen molar-refractivity contribution in [1.82, 2.24) is 5.32 Å². The summed E-state index contributed by atoms with van der Waals surface area (Å²) >= 11 is 0. The van der Waals surface area contributed by atoms with Crippen molar-refractivity contribution in [1.29, 1.82) is 0 Å². The van der Waals surface area contributed by atoms with Crippen molar-refractivity contribution in [2.45, 2.75) is 191 Å². The van der Waals surface area contributed by atoms with Gasteiger partial charge in [-0.05, 0) is 0 Å². The second kappa shape index (κ2) is 24.7. The normalized spacial score (nSPS) is 51.5. The second-order valence-corrected chi connectivity index (χ2v) is 17.5. The Morgan fingerprint density at radius 2 is 0.657 bits per heavy atom. The molecule has 6 fully saturated rings. The fourth-order valence-corrected chi connectivity index (χ4v) is 8.90. The molecule has 408 valence electrons. The van der Waals surface area contributed by atoms with Crippen molar-refractivity contribution in [3.05, 3.63) is 0 Å². The van der Waals surface area contributed by atoms with Gasteiger partial charge in [-0.25, -0.2) is 0 Å². The van der Waals surface area contributed by atoms with Crippen molar-refractivity contribution in [3.8, 4) is 0 Å². The van der Waals surface area contributed by atoms with Crippen LogP contribution in [0.4, 0.5) is 0 Å². The third-order valence-electron chi connectivity index (χ3n) is 12.8. The number of nitrogens with one attached hydrogen (secondary N) is 1. The van der Waals surface area contributed by atoms with Crippen LogP contribution >= 0.6 is 0 Å². The minimum absolute atomic E-state index is 0.882. The number of carbonyl (C=O) groups is 1. The molecule has 20 N–H and O–H groups in total. The number of carbonyl (C=O) groups excluding carboxylic acids is 1. The first-order chi connectivity index (χ1) is 33.2. The van der Waals surface area contributed by atoms with Crippen LogP contribution in [-0.2, 0) is 56.9 Å². The van der Waals surface area contributed by atoms with Gasteiger partial charge in [0.05, 0.1) is 39.6 Å². The van der Waals surface area contributed by atoms with E-state index in [1.165, 1.54) is 0 Å². The molecule has 0 spiro atoms. The maximum absolute atomic E-state index is 12.7. The molecule has 32 nitrogen and oxygen atoms in total. The minimum Gasteiger partial charge on any atom is -0.394 e. The molecule has 6 heterocycles. The van der Waals surface area contributed by atoms with Crippen molar-refractivity contribution in [3.63, 3.8) is 0 Å². The molecule has 0 unspecified atom stereocenters. The van der Waals surface area contributed by atoms with Crippen LogP contribution in [0, 0.1) is 0 Å². The molecule has 30 atom stereocenters. The third-order valence-corrected chi connectivity index (χ3v) is 12.8. The van der Waals surface area contributed by atoms with Crippen molar-refractivity contribution < 1.29 is 154 Å². The van der Waals surface area contributed by atoms with Gasteiger partial charge >= 0.3 is 0 Å². The molecule has 0 aliphatic carbocycles. The lowest BCUT2D eigenvalue weighted by molar-refractivity contribution is -0.391. The first-order valence-electron chi connectivity index (χ1n) is 22.1. The zero-order valence-corrected chi connectivity index (χ0v) is 37.0. The van der Waals surface area contributed by atoms with E-state index in [1.807, 2.05) is 0 Å². The summed E-state index contributed by atoms with van der Waals surface area (Å²) in [5, 5.41) is 204. The van der Waals surface area contributed by atoms with Crippen molar-refractivity contribution in [2.24, 2.45) is 0 Å². The van der Waals surface area contributed by atoms with E-state index >= 15 is 0 Å². The number of aliphatic hydroxyl groups is 19. The fraction of sp³-hybridized carbons (Fsp3) is 0.974. The summed E-state index contributed by atoms with van der Waals surface area (Å²) in [6.45, 7) is -4.87. The lowest BCUT2D eigenvalue weighted by atomic mass is 9.94. The van der Waals surface area contributed by atoms with E-state index < -0.39 is 230 Å². The topological polar surface area (TPSA) is 515 Å². The maximum atomic E-state index is 12.7. The van der Waals surface area contributed by atoms with E-state index in [0.29, 0.717) is 0 Å². The highest BCUT2D eigenvalue weighted by atomic mass is 16.8. The summed E-state index contributed by atoms with van der Waals surface area (Å²) in [5.41, 5.74) is 0. The average Bonchev–Trinajstić information content (AvgIpc) is 3.33. The molecule has 6 aliphatic heterocycles. The van der Waals surface area contributed by atoms with Gasteiger partial charge in [-0.2, -0.15) is 0 Å². The summed E-state index contributed by atoms with van der Waals surface area (Å²) in [5.74, 6) is -0.883. The molecule has 0 saturated carbocycles. The number of hydrogen-bond donors (Lipinski definition) is 20. The lowest BCUT2D eigenvalue weighted by Crippen LogP contribution is -2.70. The monoisotopic (exact) mass is 1030 g/mol. The van der Waals surface area contributed by atoms with Crippen LogP contribution in [0.25, 0.3) is 0 Å². The van der Waals surface area contributed by atoms with E-state index in [4.69, 9.17) is 52.1 Å². The molecule has 0 aromatic heterocycles. The molecule has 32 heteroatoms. The number of amides is 1. The fourth-order valence-electron chi connectivity index (χ4n) is 8.90. The van der Waals surface area contributed by atoms with Gasteiger partial charge in [0, 0.05) is 6.92 Å². The van der Waals surface area contributed by atoms with Crippen molar-refractivity contribution >= 4 is 5.91 Å². The van der Waals surface area contributed by atoms with Crippen LogP contribution in [0.1, 0.15) is 6.92 Å². The highest BCUT2D eigenvalue weighted by Crippen LogP contribution is 2.37. The second-order valence-electron chi connectivity index (χ2n) is 17.5. The van der Waals surface area contributed by atoms with Gasteiger partial charge in [0.15, 0.2) is 37.7 Å². The number of ether oxygens (including phenoxy) is 11. The van der Waals surface area contributed by atoms with Gasteiger partial charge in [-0.3, -0.25) is 4.79 Å². The standard InChI is InChI=1S/C38H65NO31/c1-8(46)39-15-29(67-37-27(58)31(19(50)13(6-44)64-37)69-35-24(55)21(52)16(47)9(2-40)62-35)17(48)10(3-41)61-34(15)68-30-18(49)11(4-42)65-38(25(30)56)70-32-20(51)12(5-43)63-36(26(32)57)66-28-14(7-45)60-33(59)23(54)22(28)53/h9-38,40-45,47-59H,2-7H2,1H3,(H,39,46)/t9-,10-,11-,12-,13-,14-,15-,16+,17+,18+,19+,20+,21+,22-,23-,24-,25-,26-,27-,28-,29-,30+,31+,32+,33-,34+,35-,36+,37+,38-/m1/s1. The molecule has 70 heavy (non-hydrogen) atoms. The molecule has 6 saturated heterocycles. The predicted molar refractivity (Wildman–Crippen MR) is 211 cm³/mol. The van der Waals surface area contributed by atoms with Crippen molar-refractivity contribution in [2.75, 3.05) is 39.6 Å². The largest absolute Gasteiger partial charge is 0.394 e. The molecule has 6 rings (SSSR count). The van der Waals surface area contributed by atoms with Crippen LogP contribution in [0.3, 0.4) is 0 Å². The van der Waals surface area contributed by atoms with Gasteiger partial charge in [0.2, 0.25) is 5.91 Å². The molecule has 0 aromatic rings. The van der Waals surface area contributed by atoms with E-state index in [2.05, 4.69) is 5.32 Å². The summed E-state index contributed by atoms with van der Waals surface area (Å²) in [6, 6.07) is -1.81. The van der Waals surface area contributed by atoms with Crippen LogP contribution in [0.5, 0.6) is 0 Å². The first kappa shape index (κ1) is 57.5. The van der Waals surface area contributed by atoms with Gasteiger partial charge in [0.1, 0.15) is 146 Å². The quantitative estimate of drug-likeness (QED) is 0.0643. The SMILES string of the molecule is CC(=O)N[C@H]1[C@H](O[C@H]2[C@@H](O)[C@@H](CO)O[C@H](O[C@H]3[C@@H](O)[C@@H](CO)O[C@@H](O[C@H]4[C@H](O)[C@@H](O)[C@H](O)O[C@@H]4CO)[C@@H]3O)[C@@H]2O)O[C@H](CO)[C@H](O)[C@@H]1O[C@@H]1O[C@H](CO)[C@H](O)[C@H](O[C@H]2O[C@H](CO)[C@H](O)[C@H](O)[C@H]2O)[C@H]1O. The molecule has 6 aliphatic rings. The summed E-state index contributed by atoms with van der Waals surface area (Å²) in [6.07, 6.45) is -56.1. The first-order valence-corrected chi connectivity index (χ1v) is 22.1. The molecule has 1 amide bonds. The van der Waals surface area contributed by atoms with Gasteiger partial charge in [-0.1, -0.05) is 0 Å². The number of aliphatic hydroxyl groups excluding tert-OH is 19. The smallest absolute Gasteiger partial charge is 0.217 e. The zero-order chi connectivity index (χ0) is 51.6. The third kappa shape index (κ3) is 11.9. The van der Waals surface area contributed by atoms with Gasteiger partial charge in [-0.15, -0.1) is 0 Å². The Morgan fingerprint density at radius 1 is 0.343 bits per heavy atom. The Kier molecular flexibility index (Phi) is 20.3.